The molecule has 0 radical (unpaired) electrons. The average molecular weight is 505 g/mol. The van der Waals surface area contributed by atoms with Gasteiger partial charge >= 0.3 is 0 Å². The maximum atomic E-state index is 13.3. The summed E-state index contributed by atoms with van der Waals surface area (Å²) < 4.78 is 0. The number of hydrogen-bond acceptors (Lipinski definition) is 4. The van der Waals surface area contributed by atoms with Crippen molar-refractivity contribution in [2.24, 2.45) is 0 Å². The van der Waals surface area contributed by atoms with Crippen LogP contribution in [0, 0.1) is 11.8 Å². The highest BCUT2D eigenvalue weighted by atomic mass is 16.2. The number of amides is 2. The van der Waals surface area contributed by atoms with Crippen molar-refractivity contribution in [1.29, 1.82) is 0 Å². The van der Waals surface area contributed by atoms with Crippen LogP contribution in [0.2, 0.25) is 0 Å². The molecule has 0 bridgehead atoms. The molecular weight excluding hydrogens is 472 g/mol. The predicted molar refractivity (Wildman–Crippen MR) is 153 cm³/mol. The number of likely N-dealkylation sites (tertiary alicyclic amines) is 1. The van der Waals surface area contributed by atoms with E-state index in [1.165, 1.54) is 18.4 Å². The van der Waals surface area contributed by atoms with Crippen LogP contribution in [-0.4, -0.2) is 35.8 Å². The second-order valence-corrected chi connectivity index (χ2v) is 10.0. The summed E-state index contributed by atoms with van der Waals surface area (Å²) >= 11 is 0. The van der Waals surface area contributed by atoms with Gasteiger partial charge in [0.25, 0.3) is 11.8 Å². The van der Waals surface area contributed by atoms with Crippen molar-refractivity contribution in [3.8, 4) is 11.8 Å². The Morgan fingerprint density at radius 3 is 2.45 bits per heavy atom. The van der Waals surface area contributed by atoms with Crippen LogP contribution in [0.5, 0.6) is 0 Å². The smallest absolute Gasteiger partial charge is 0.296 e. The van der Waals surface area contributed by atoms with Crippen molar-refractivity contribution in [1.82, 2.24) is 10.2 Å². The van der Waals surface area contributed by atoms with Crippen molar-refractivity contribution >= 4 is 34.5 Å². The zero-order valence-corrected chi connectivity index (χ0v) is 21.8. The summed E-state index contributed by atoms with van der Waals surface area (Å²) in [5, 5.41) is 9.27. The quantitative estimate of drug-likeness (QED) is 0.323. The Morgan fingerprint density at radius 2 is 1.74 bits per heavy atom. The Hall–Kier alpha value is -4.34. The van der Waals surface area contributed by atoms with Gasteiger partial charge in [0.1, 0.15) is 0 Å². The van der Waals surface area contributed by atoms with Crippen molar-refractivity contribution in [2.75, 3.05) is 23.7 Å². The van der Waals surface area contributed by atoms with E-state index in [0.29, 0.717) is 16.8 Å². The minimum atomic E-state index is -0.327. The van der Waals surface area contributed by atoms with E-state index in [1.807, 2.05) is 62.4 Å². The Balaban J connectivity index is 1.45. The van der Waals surface area contributed by atoms with Gasteiger partial charge in [0.05, 0.1) is 17.0 Å². The van der Waals surface area contributed by atoms with E-state index in [-0.39, 0.29) is 17.9 Å². The van der Waals surface area contributed by atoms with Gasteiger partial charge in [-0.25, -0.2) is 0 Å². The summed E-state index contributed by atoms with van der Waals surface area (Å²) in [5.41, 5.74) is 6.57. The van der Waals surface area contributed by atoms with E-state index in [9.17, 15) is 9.59 Å². The molecule has 3 N–H and O–H groups in total. The molecule has 0 saturated carbocycles. The minimum absolute atomic E-state index is 0.0222. The SMILES string of the molecule is CC(C)NC(=O)C#Cc1ccc2c(c1)NC(=O)/C2=C(\Nc1ccc(CN2CCCC2)cc1)c1ccccc1. The molecule has 0 spiro atoms. The first-order valence-electron chi connectivity index (χ1n) is 13.1. The maximum absolute atomic E-state index is 13.3. The van der Waals surface area contributed by atoms with Gasteiger partial charge in [0, 0.05) is 35.3 Å². The first-order valence-corrected chi connectivity index (χ1v) is 13.1. The molecule has 2 aliphatic rings. The Labute approximate surface area is 224 Å². The Kier molecular flexibility index (Phi) is 7.57. The van der Waals surface area contributed by atoms with Gasteiger partial charge < -0.3 is 16.0 Å². The molecule has 6 heteroatoms. The van der Waals surface area contributed by atoms with Gasteiger partial charge in [-0.15, -0.1) is 0 Å². The Bertz CT molecular complexity index is 1420. The number of rotatable bonds is 6. The molecule has 0 unspecified atom stereocenters. The summed E-state index contributed by atoms with van der Waals surface area (Å²) in [5.74, 6) is 5.00. The molecule has 3 aromatic carbocycles. The number of fused-ring (bicyclic) bond motifs is 1. The molecule has 2 amide bonds. The number of carbonyl (C=O) groups excluding carboxylic acids is 2. The third-order valence-electron chi connectivity index (χ3n) is 6.64. The van der Waals surface area contributed by atoms with E-state index >= 15 is 0 Å². The van der Waals surface area contributed by atoms with Gasteiger partial charge in [-0.05, 0) is 75.2 Å². The molecule has 0 aromatic heterocycles. The van der Waals surface area contributed by atoms with Crippen LogP contribution < -0.4 is 16.0 Å². The fourth-order valence-electron chi connectivity index (χ4n) is 4.85. The highest BCUT2D eigenvalue weighted by Gasteiger charge is 2.28. The number of nitrogens with zero attached hydrogens (tertiary/aromatic N) is 1. The first-order chi connectivity index (χ1) is 18.5. The molecule has 38 heavy (non-hydrogen) atoms. The lowest BCUT2D eigenvalue weighted by Gasteiger charge is -2.17. The Morgan fingerprint density at radius 1 is 1.00 bits per heavy atom. The molecule has 0 aliphatic carbocycles. The van der Waals surface area contributed by atoms with Crippen LogP contribution in [0.25, 0.3) is 11.3 Å². The lowest BCUT2D eigenvalue weighted by molar-refractivity contribution is -0.116. The van der Waals surface area contributed by atoms with Crippen LogP contribution in [0.3, 0.4) is 0 Å². The molecule has 5 rings (SSSR count). The molecule has 3 aromatic rings. The van der Waals surface area contributed by atoms with E-state index in [0.717, 1.165) is 42.1 Å². The first kappa shape index (κ1) is 25.3. The average Bonchev–Trinajstić information content (AvgIpc) is 3.53. The molecule has 2 heterocycles. The molecule has 192 valence electrons. The monoisotopic (exact) mass is 504 g/mol. The number of carbonyl (C=O) groups is 2. The van der Waals surface area contributed by atoms with E-state index < -0.39 is 0 Å². The summed E-state index contributed by atoms with van der Waals surface area (Å²) in [6.45, 7) is 7.07. The summed E-state index contributed by atoms with van der Waals surface area (Å²) in [6.07, 6.45) is 2.55. The van der Waals surface area contributed by atoms with Crippen molar-refractivity contribution in [3.63, 3.8) is 0 Å². The largest absolute Gasteiger partial charge is 0.354 e. The highest BCUT2D eigenvalue weighted by Crippen LogP contribution is 2.38. The number of nitrogens with one attached hydrogen (secondary N) is 3. The third-order valence-corrected chi connectivity index (χ3v) is 6.64. The predicted octanol–water partition coefficient (Wildman–Crippen LogP) is 5.09. The molecular formula is C32H32N4O2. The van der Waals surface area contributed by atoms with E-state index in [1.54, 1.807) is 0 Å². The van der Waals surface area contributed by atoms with Crippen LogP contribution in [0.4, 0.5) is 11.4 Å². The van der Waals surface area contributed by atoms with Gasteiger partial charge in [0.2, 0.25) is 0 Å². The van der Waals surface area contributed by atoms with Crippen LogP contribution in [-0.2, 0) is 16.1 Å². The highest BCUT2D eigenvalue weighted by molar-refractivity contribution is 6.37. The third kappa shape index (κ3) is 5.96. The zero-order chi connectivity index (χ0) is 26.5. The second kappa shape index (κ2) is 11.4. The molecule has 6 nitrogen and oxygen atoms in total. The van der Waals surface area contributed by atoms with E-state index in [4.69, 9.17) is 0 Å². The van der Waals surface area contributed by atoms with Crippen molar-refractivity contribution in [3.05, 3.63) is 95.1 Å². The lowest BCUT2D eigenvalue weighted by Crippen LogP contribution is -2.28. The van der Waals surface area contributed by atoms with Crippen LogP contribution >= 0.6 is 0 Å². The maximum Gasteiger partial charge on any atom is 0.296 e. The number of benzene rings is 3. The van der Waals surface area contributed by atoms with Gasteiger partial charge in [0.15, 0.2) is 0 Å². The van der Waals surface area contributed by atoms with E-state index in [2.05, 4.69) is 57.0 Å². The molecule has 2 aliphatic heterocycles. The molecule has 0 atom stereocenters. The standard InChI is InChI=1S/C32H32N4O2/c1-22(2)33-29(37)17-13-23-12-16-27-28(20-23)35-32(38)30(27)31(25-8-4-3-5-9-25)34-26-14-10-24(11-15-26)21-36-18-6-7-19-36/h3-5,8-12,14-16,20,22,34H,6-7,18-19,21H2,1-2H3,(H,33,37)(H,35,38)/b31-30-. The van der Waals surface area contributed by atoms with Crippen LogP contribution in [0.15, 0.2) is 72.8 Å². The number of hydrogen-bond donors (Lipinski definition) is 3. The molecule has 1 saturated heterocycles. The topological polar surface area (TPSA) is 73.5 Å². The van der Waals surface area contributed by atoms with Crippen LogP contribution in [0.1, 0.15) is 48.9 Å². The minimum Gasteiger partial charge on any atom is -0.354 e. The fraction of sp³-hybridized carbons (Fsp3) is 0.250. The van der Waals surface area contributed by atoms with Crippen molar-refractivity contribution in [2.45, 2.75) is 39.3 Å². The normalized spacial score (nSPS) is 15.9. The number of anilines is 2. The fourth-order valence-corrected chi connectivity index (χ4v) is 4.85. The van der Waals surface area contributed by atoms with Gasteiger partial charge in [-0.3, -0.25) is 14.5 Å². The summed E-state index contributed by atoms with van der Waals surface area (Å²) in [7, 11) is 0. The second-order valence-electron chi connectivity index (χ2n) is 10.0. The van der Waals surface area contributed by atoms with Gasteiger partial charge in [-0.2, -0.15) is 0 Å². The molecule has 1 fully saturated rings. The lowest BCUT2D eigenvalue weighted by atomic mass is 9.99. The van der Waals surface area contributed by atoms with Gasteiger partial charge in [-0.1, -0.05) is 54.5 Å². The summed E-state index contributed by atoms with van der Waals surface area (Å²) in [4.78, 5) is 27.7. The van der Waals surface area contributed by atoms with Crippen molar-refractivity contribution < 1.29 is 9.59 Å². The summed E-state index contributed by atoms with van der Waals surface area (Å²) in [6, 6.07) is 23.9. The zero-order valence-electron chi connectivity index (χ0n) is 21.8.